The van der Waals surface area contributed by atoms with Crippen molar-refractivity contribution in [3.63, 3.8) is 0 Å². The molecule has 0 radical (unpaired) electrons. The van der Waals surface area contributed by atoms with Crippen LogP contribution in [0.3, 0.4) is 0 Å². The molecule has 0 amide bonds. The molecule has 20 heavy (non-hydrogen) atoms. The fourth-order valence-corrected chi connectivity index (χ4v) is 2.98. The smallest absolute Gasteiger partial charge is 0.161 e. The highest BCUT2D eigenvalue weighted by atomic mass is 16.5. The standard InChI is InChI=1S/C17H27NO2/c1-12-5-4-6-15(9-12)20-17-11-14(10-13(2)18)7-8-16(17)19-3/h7-8,11-13,15H,4-6,9-10,18H2,1-3H3. The van der Waals surface area contributed by atoms with Crippen molar-refractivity contribution >= 4 is 0 Å². The van der Waals surface area contributed by atoms with Crippen molar-refractivity contribution in [3.8, 4) is 11.5 Å². The second-order valence-corrected chi connectivity index (χ2v) is 6.18. The first-order chi connectivity index (χ1) is 9.58. The van der Waals surface area contributed by atoms with Crippen LogP contribution in [0.2, 0.25) is 0 Å². The van der Waals surface area contributed by atoms with Crippen LogP contribution in [0.25, 0.3) is 0 Å². The molecule has 3 atom stereocenters. The summed E-state index contributed by atoms with van der Waals surface area (Å²) in [6, 6.07) is 6.30. The van der Waals surface area contributed by atoms with Gasteiger partial charge in [0, 0.05) is 6.04 Å². The Labute approximate surface area is 122 Å². The molecule has 0 saturated heterocycles. The summed E-state index contributed by atoms with van der Waals surface area (Å²) in [4.78, 5) is 0. The SMILES string of the molecule is COc1ccc(CC(C)N)cc1OC1CCCC(C)C1. The van der Waals surface area contributed by atoms with E-state index in [0.29, 0.717) is 6.10 Å². The van der Waals surface area contributed by atoms with Gasteiger partial charge in [0.15, 0.2) is 11.5 Å². The van der Waals surface area contributed by atoms with Gasteiger partial charge in [-0.25, -0.2) is 0 Å². The van der Waals surface area contributed by atoms with E-state index in [9.17, 15) is 0 Å². The van der Waals surface area contributed by atoms with Crippen molar-refractivity contribution in [2.75, 3.05) is 7.11 Å². The van der Waals surface area contributed by atoms with Crippen LogP contribution in [0.5, 0.6) is 11.5 Å². The number of hydrogen-bond donors (Lipinski definition) is 1. The van der Waals surface area contributed by atoms with Crippen molar-refractivity contribution in [2.45, 2.75) is 58.1 Å². The van der Waals surface area contributed by atoms with Gasteiger partial charge in [-0.2, -0.15) is 0 Å². The fraction of sp³-hybridized carbons (Fsp3) is 0.647. The Morgan fingerprint density at radius 2 is 2.10 bits per heavy atom. The second-order valence-electron chi connectivity index (χ2n) is 6.18. The quantitative estimate of drug-likeness (QED) is 0.895. The molecule has 1 aromatic rings. The number of ether oxygens (including phenoxy) is 2. The minimum Gasteiger partial charge on any atom is -0.493 e. The number of benzene rings is 1. The van der Waals surface area contributed by atoms with Crippen molar-refractivity contribution < 1.29 is 9.47 Å². The third-order valence-electron chi connectivity index (χ3n) is 3.97. The van der Waals surface area contributed by atoms with E-state index in [1.54, 1.807) is 7.11 Å². The van der Waals surface area contributed by atoms with Gasteiger partial charge in [-0.15, -0.1) is 0 Å². The van der Waals surface area contributed by atoms with Crippen molar-refractivity contribution in [3.05, 3.63) is 23.8 Å². The molecule has 2 N–H and O–H groups in total. The Hall–Kier alpha value is -1.22. The number of rotatable bonds is 5. The van der Waals surface area contributed by atoms with E-state index < -0.39 is 0 Å². The molecule has 1 aliphatic carbocycles. The molecule has 1 aliphatic rings. The molecule has 3 nitrogen and oxygen atoms in total. The summed E-state index contributed by atoms with van der Waals surface area (Å²) in [6.45, 7) is 4.33. The van der Waals surface area contributed by atoms with Gasteiger partial charge in [0.1, 0.15) is 0 Å². The highest BCUT2D eigenvalue weighted by molar-refractivity contribution is 5.43. The molecule has 3 unspecified atom stereocenters. The molecule has 0 spiro atoms. The van der Waals surface area contributed by atoms with Crippen LogP contribution in [0.1, 0.15) is 45.1 Å². The number of nitrogens with two attached hydrogens (primary N) is 1. The van der Waals surface area contributed by atoms with E-state index in [1.807, 2.05) is 13.0 Å². The summed E-state index contributed by atoms with van der Waals surface area (Å²) in [5.74, 6) is 2.44. The summed E-state index contributed by atoms with van der Waals surface area (Å²) in [5.41, 5.74) is 7.08. The largest absolute Gasteiger partial charge is 0.493 e. The predicted octanol–water partition coefficient (Wildman–Crippen LogP) is 3.54. The van der Waals surface area contributed by atoms with E-state index in [0.717, 1.165) is 36.7 Å². The van der Waals surface area contributed by atoms with E-state index in [2.05, 4.69) is 19.1 Å². The molecule has 0 heterocycles. The van der Waals surface area contributed by atoms with E-state index >= 15 is 0 Å². The molecule has 1 aromatic carbocycles. The summed E-state index contributed by atoms with van der Waals surface area (Å²) in [7, 11) is 1.69. The molecule has 1 fully saturated rings. The lowest BCUT2D eigenvalue weighted by molar-refractivity contribution is 0.125. The van der Waals surface area contributed by atoms with Crippen LogP contribution in [0.15, 0.2) is 18.2 Å². The topological polar surface area (TPSA) is 44.5 Å². The Morgan fingerprint density at radius 3 is 2.75 bits per heavy atom. The Balaban J connectivity index is 2.11. The van der Waals surface area contributed by atoms with Gasteiger partial charge in [0.05, 0.1) is 13.2 Å². The first kappa shape index (κ1) is 15.2. The summed E-state index contributed by atoms with van der Waals surface area (Å²) < 4.78 is 11.6. The zero-order chi connectivity index (χ0) is 14.5. The van der Waals surface area contributed by atoms with Gasteiger partial charge in [-0.05, 0) is 56.2 Å². The van der Waals surface area contributed by atoms with Crippen LogP contribution in [0.4, 0.5) is 0 Å². The van der Waals surface area contributed by atoms with Gasteiger partial charge in [0.2, 0.25) is 0 Å². The predicted molar refractivity (Wildman–Crippen MR) is 82.4 cm³/mol. The molecular weight excluding hydrogens is 250 g/mol. The van der Waals surface area contributed by atoms with E-state index in [-0.39, 0.29) is 6.04 Å². The van der Waals surface area contributed by atoms with E-state index in [4.69, 9.17) is 15.2 Å². The van der Waals surface area contributed by atoms with E-state index in [1.165, 1.54) is 18.4 Å². The van der Waals surface area contributed by atoms with Gasteiger partial charge in [-0.1, -0.05) is 19.4 Å². The monoisotopic (exact) mass is 277 g/mol. The summed E-state index contributed by atoms with van der Waals surface area (Å²) >= 11 is 0. The van der Waals surface area contributed by atoms with Crippen LogP contribution >= 0.6 is 0 Å². The average molecular weight is 277 g/mol. The lowest BCUT2D eigenvalue weighted by Crippen LogP contribution is -2.24. The number of hydrogen-bond acceptors (Lipinski definition) is 3. The van der Waals surface area contributed by atoms with Crippen molar-refractivity contribution in [1.29, 1.82) is 0 Å². The first-order valence-corrected chi connectivity index (χ1v) is 7.67. The molecular formula is C17H27NO2. The maximum Gasteiger partial charge on any atom is 0.161 e. The fourth-order valence-electron chi connectivity index (χ4n) is 2.98. The molecule has 3 heteroatoms. The minimum absolute atomic E-state index is 0.158. The molecule has 1 saturated carbocycles. The zero-order valence-electron chi connectivity index (χ0n) is 12.9. The normalized spacial score (nSPS) is 24.2. The Kier molecular flexibility index (Phi) is 5.30. The third-order valence-corrected chi connectivity index (χ3v) is 3.97. The highest BCUT2D eigenvalue weighted by Crippen LogP contribution is 2.33. The van der Waals surface area contributed by atoms with Crippen LogP contribution in [-0.2, 0) is 6.42 Å². The maximum absolute atomic E-state index is 6.20. The van der Waals surface area contributed by atoms with Crippen LogP contribution in [0, 0.1) is 5.92 Å². The summed E-state index contributed by atoms with van der Waals surface area (Å²) in [6.07, 6.45) is 6.04. The van der Waals surface area contributed by atoms with Crippen LogP contribution < -0.4 is 15.2 Å². The van der Waals surface area contributed by atoms with Crippen molar-refractivity contribution in [2.24, 2.45) is 11.7 Å². The zero-order valence-corrected chi connectivity index (χ0v) is 12.9. The highest BCUT2D eigenvalue weighted by Gasteiger charge is 2.21. The third kappa shape index (κ3) is 4.14. The minimum atomic E-state index is 0.158. The molecule has 0 bridgehead atoms. The average Bonchev–Trinajstić information content (AvgIpc) is 2.38. The van der Waals surface area contributed by atoms with Crippen LogP contribution in [-0.4, -0.2) is 19.3 Å². The van der Waals surface area contributed by atoms with Gasteiger partial charge >= 0.3 is 0 Å². The number of methoxy groups -OCH3 is 1. The lowest BCUT2D eigenvalue weighted by atomic mass is 9.88. The first-order valence-electron chi connectivity index (χ1n) is 7.67. The maximum atomic E-state index is 6.20. The summed E-state index contributed by atoms with van der Waals surface area (Å²) in [5, 5.41) is 0. The molecule has 112 valence electrons. The van der Waals surface area contributed by atoms with Crippen molar-refractivity contribution in [1.82, 2.24) is 0 Å². The molecule has 2 rings (SSSR count). The van der Waals surface area contributed by atoms with Gasteiger partial charge in [0.25, 0.3) is 0 Å². The Morgan fingerprint density at radius 1 is 1.30 bits per heavy atom. The molecule has 0 aliphatic heterocycles. The molecule has 0 aromatic heterocycles. The Bertz CT molecular complexity index is 431. The second kappa shape index (κ2) is 6.98. The lowest BCUT2D eigenvalue weighted by Gasteiger charge is -2.28. The van der Waals surface area contributed by atoms with Gasteiger partial charge in [-0.3, -0.25) is 0 Å². The van der Waals surface area contributed by atoms with Gasteiger partial charge < -0.3 is 15.2 Å².